The van der Waals surface area contributed by atoms with Gasteiger partial charge >= 0.3 is 0 Å². The first kappa shape index (κ1) is 16.2. The van der Waals surface area contributed by atoms with Gasteiger partial charge < -0.3 is 19.6 Å². The van der Waals surface area contributed by atoms with Gasteiger partial charge in [0.2, 0.25) is 5.91 Å². The second-order valence-corrected chi connectivity index (χ2v) is 5.88. The summed E-state index contributed by atoms with van der Waals surface area (Å²) in [5, 5.41) is 9.95. The van der Waals surface area contributed by atoms with Gasteiger partial charge in [-0.15, -0.1) is 0 Å². The average Bonchev–Trinajstić information content (AvgIpc) is 2.62. The fourth-order valence-electron chi connectivity index (χ4n) is 3.00. The summed E-state index contributed by atoms with van der Waals surface area (Å²) in [6.45, 7) is 2.77. The lowest BCUT2D eigenvalue weighted by atomic mass is 10.1. The Morgan fingerprint density at radius 1 is 1.08 bits per heavy atom. The maximum atomic E-state index is 12.5. The third-order valence-corrected chi connectivity index (χ3v) is 4.34. The summed E-state index contributed by atoms with van der Waals surface area (Å²) >= 11 is 0. The summed E-state index contributed by atoms with van der Waals surface area (Å²) in [4.78, 5) is 16.5. The van der Waals surface area contributed by atoms with E-state index in [4.69, 9.17) is 4.74 Å². The van der Waals surface area contributed by atoms with Crippen LogP contribution >= 0.6 is 0 Å². The minimum absolute atomic E-state index is 0.125. The number of hydrogen-bond acceptors (Lipinski definition) is 4. The molecular formula is C19H22N2O3. The van der Waals surface area contributed by atoms with Crippen molar-refractivity contribution in [2.75, 3.05) is 38.2 Å². The number of phenolic OH excluding ortho intramolecular Hbond substituents is 1. The SMILES string of the molecule is COc1cccc(CC(=O)N2CCN(c3ccccc3O)CC2)c1. The summed E-state index contributed by atoms with van der Waals surface area (Å²) in [6, 6.07) is 14.9. The Balaban J connectivity index is 1.58. The van der Waals surface area contributed by atoms with Crippen LogP contribution in [0.1, 0.15) is 5.56 Å². The summed E-state index contributed by atoms with van der Waals surface area (Å²) in [5.74, 6) is 1.18. The zero-order chi connectivity index (χ0) is 16.9. The van der Waals surface area contributed by atoms with Crippen LogP contribution in [0.5, 0.6) is 11.5 Å². The molecule has 2 aromatic carbocycles. The molecule has 0 spiro atoms. The molecule has 1 saturated heterocycles. The number of amides is 1. The molecule has 24 heavy (non-hydrogen) atoms. The zero-order valence-corrected chi connectivity index (χ0v) is 13.8. The minimum Gasteiger partial charge on any atom is -0.506 e. The lowest BCUT2D eigenvalue weighted by molar-refractivity contribution is -0.130. The molecule has 0 aromatic heterocycles. The van der Waals surface area contributed by atoms with Crippen LogP contribution in [-0.2, 0) is 11.2 Å². The Morgan fingerprint density at radius 3 is 2.54 bits per heavy atom. The first-order valence-electron chi connectivity index (χ1n) is 8.11. The van der Waals surface area contributed by atoms with Crippen molar-refractivity contribution in [1.82, 2.24) is 4.90 Å². The molecule has 0 atom stereocenters. The fourth-order valence-corrected chi connectivity index (χ4v) is 3.00. The van der Waals surface area contributed by atoms with Crippen LogP contribution in [0, 0.1) is 0 Å². The van der Waals surface area contributed by atoms with E-state index in [1.54, 1.807) is 13.2 Å². The molecule has 1 N–H and O–H groups in total. The van der Waals surface area contributed by atoms with Crippen LogP contribution in [-0.4, -0.2) is 49.2 Å². The molecule has 1 aliphatic heterocycles. The Bertz CT molecular complexity index is 709. The number of carbonyl (C=O) groups is 1. The topological polar surface area (TPSA) is 53.0 Å². The molecule has 126 valence electrons. The van der Waals surface area contributed by atoms with Crippen molar-refractivity contribution < 1.29 is 14.6 Å². The maximum Gasteiger partial charge on any atom is 0.227 e. The Hall–Kier alpha value is -2.69. The smallest absolute Gasteiger partial charge is 0.227 e. The average molecular weight is 326 g/mol. The molecule has 1 amide bonds. The number of carbonyl (C=O) groups excluding carboxylic acids is 1. The number of aromatic hydroxyl groups is 1. The highest BCUT2D eigenvalue weighted by molar-refractivity contribution is 5.79. The Morgan fingerprint density at radius 2 is 1.83 bits per heavy atom. The van der Waals surface area contributed by atoms with Crippen LogP contribution in [0.3, 0.4) is 0 Å². The van der Waals surface area contributed by atoms with Gasteiger partial charge in [0.15, 0.2) is 0 Å². The molecule has 5 nitrogen and oxygen atoms in total. The van der Waals surface area contributed by atoms with E-state index < -0.39 is 0 Å². The number of ether oxygens (including phenoxy) is 1. The van der Waals surface area contributed by atoms with Crippen LogP contribution in [0.2, 0.25) is 0 Å². The molecule has 0 radical (unpaired) electrons. The van der Waals surface area contributed by atoms with E-state index in [2.05, 4.69) is 4.90 Å². The van der Waals surface area contributed by atoms with Gasteiger partial charge in [0, 0.05) is 26.2 Å². The van der Waals surface area contributed by atoms with Gasteiger partial charge in [-0.1, -0.05) is 24.3 Å². The quantitative estimate of drug-likeness (QED) is 0.937. The number of anilines is 1. The van der Waals surface area contributed by atoms with E-state index in [0.717, 1.165) is 30.1 Å². The van der Waals surface area contributed by atoms with Gasteiger partial charge in [0.25, 0.3) is 0 Å². The highest BCUT2D eigenvalue weighted by Crippen LogP contribution is 2.27. The van der Waals surface area contributed by atoms with Crippen LogP contribution in [0.4, 0.5) is 5.69 Å². The summed E-state index contributed by atoms with van der Waals surface area (Å²) in [5.41, 5.74) is 1.79. The third kappa shape index (κ3) is 3.62. The van der Waals surface area contributed by atoms with E-state index in [-0.39, 0.29) is 11.7 Å². The van der Waals surface area contributed by atoms with Gasteiger partial charge in [-0.3, -0.25) is 4.79 Å². The predicted molar refractivity (Wildman–Crippen MR) is 93.6 cm³/mol. The maximum absolute atomic E-state index is 12.5. The summed E-state index contributed by atoms with van der Waals surface area (Å²) in [7, 11) is 1.62. The first-order valence-corrected chi connectivity index (χ1v) is 8.11. The highest BCUT2D eigenvalue weighted by Gasteiger charge is 2.22. The molecule has 0 saturated carbocycles. The van der Waals surface area contributed by atoms with Gasteiger partial charge in [0.05, 0.1) is 19.2 Å². The number of phenols is 1. The standard InChI is InChI=1S/C19H22N2O3/c1-24-16-6-4-5-15(13-16)14-19(23)21-11-9-20(10-12-21)17-7-2-3-8-18(17)22/h2-8,13,22H,9-12,14H2,1H3. The van der Waals surface area contributed by atoms with E-state index in [9.17, 15) is 9.90 Å². The monoisotopic (exact) mass is 326 g/mol. The second kappa shape index (κ2) is 7.25. The third-order valence-electron chi connectivity index (χ3n) is 4.34. The number of benzene rings is 2. The Kier molecular flexibility index (Phi) is 4.89. The number of hydrogen-bond donors (Lipinski definition) is 1. The van der Waals surface area contributed by atoms with Crippen molar-refractivity contribution in [1.29, 1.82) is 0 Å². The second-order valence-electron chi connectivity index (χ2n) is 5.88. The first-order chi connectivity index (χ1) is 11.7. The normalized spacial score (nSPS) is 14.5. The molecule has 0 unspecified atom stereocenters. The van der Waals surface area contributed by atoms with Crippen molar-refractivity contribution in [3.8, 4) is 11.5 Å². The molecule has 1 fully saturated rings. The van der Waals surface area contributed by atoms with Crippen molar-refractivity contribution >= 4 is 11.6 Å². The van der Waals surface area contributed by atoms with Crippen LogP contribution in [0.25, 0.3) is 0 Å². The molecule has 0 aliphatic carbocycles. The van der Waals surface area contributed by atoms with Crippen LogP contribution < -0.4 is 9.64 Å². The van der Waals surface area contributed by atoms with Gasteiger partial charge in [0.1, 0.15) is 11.5 Å². The number of rotatable bonds is 4. The van der Waals surface area contributed by atoms with E-state index >= 15 is 0 Å². The molecule has 0 bridgehead atoms. The predicted octanol–water partition coefficient (Wildman–Crippen LogP) is 2.29. The molecule has 1 aliphatic rings. The van der Waals surface area contributed by atoms with E-state index in [0.29, 0.717) is 19.5 Å². The van der Waals surface area contributed by atoms with E-state index in [1.165, 1.54) is 0 Å². The van der Waals surface area contributed by atoms with Crippen molar-refractivity contribution in [2.45, 2.75) is 6.42 Å². The number of nitrogens with zero attached hydrogens (tertiary/aromatic N) is 2. The fraction of sp³-hybridized carbons (Fsp3) is 0.316. The van der Waals surface area contributed by atoms with Crippen molar-refractivity contribution in [3.63, 3.8) is 0 Å². The molecule has 2 aromatic rings. The molecule has 5 heteroatoms. The number of methoxy groups -OCH3 is 1. The lowest BCUT2D eigenvalue weighted by Gasteiger charge is -2.36. The lowest BCUT2D eigenvalue weighted by Crippen LogP contribution is -2.49. The number of piperazine rings is 1. The van der Waals surface area contributed by atoms with E-state index in [1.807, 2.05) is 47.4 Å². The Labute approximate surface area is 142 Å². The molecule has 3 rings (SSSR count). The summed E-state index contributed by atoms with van der Waals surface area (Å²) < 4.78 is 5.20. The van der Waals surface area contributed by atoms with Gasteiger partial charge in [-0.05, 0) is 29.8 Å². The number of para-hydroxylation sites is 2. The van der Waals surface area contributed by atoms with Crippen molar-refractivity contribution in [2.24, 2.45) is 0 Å². The largest absolute Gasteiger partial charge is 0.506 e. The minimum atomic E-state index is 0.125. The van der Waals surface area contributed by atoms with Crippen molar-refractivity contribution in [3.05, 3.63) is 54.1 Å². The zero-order valence-electron chi connectivity index (χ0n) is 13.8. The molecular weight excluding hydrogens is 304 g/mol. The van der Waals surface area contributed by atoms with Crippen LogP contribution in [0.15, 0.2) is 48.5 Å². The summed E-state index contributed by atoms with van der Waals surface area (Å²) in [6.07, 6.45) is 0.383. The van der Waals surface area contributed by atoms with Gasteiger partial charge in [-0.25, -0.2) is 0 Å². The van der Waals surface area contributed by atoms with Gasteiger partial charge in [-0.2, -0.15) is 0 Å². The highest BCUT2D eigenvalue weighted by atomic mass is 16.5. The molecule has 1 heterocycles.